The number of allylic oxidation sites excluding steroid dienone is 1. The molecule has 11 heavy (non-hydrogen) atoms. The number of hydrogen-bond donors (Lipinski definition) is 1. The Bertz CT molecular complexity index is 112. The molecule has 1 atom stereocenters. The minimum Gasteiger partial charge on any atom is -0.327 e. The van der Waals surface area contributed by atoms with E-state index in [2.05, 4.69) is 20.4 Å². The molecule has 0 bridgehead atoms. The molecule has 1 unspecified atom stereocenters. The number of rotatable bonds is 6. The van der Waals surface area contributed by atoms with Gasteiger partial charge in [0.15, 0.2) is 0 Å². The Labute approximate surface area is 74.4 Å². The Morgan fingerprint density at radius 2 is 2.27 bits per heavy atom. The van der Waals surface area contributed by atoms with Gasteiger partial charge in [0.2, 0.25) is 0 Å². The summed E-state index contributed by atoms with van der Waals surface area (Å²) in [6.07, 6.45) is 2.21. The lowest BCUT2D eigenvalue weighted by Gasteiger charge is -2.07. The van der Waals surface area contributed by atoms with Gasteiger partial charge in [0.05, 0.1) is 0 Å². The molecule has 1 nitrogen and oxygen atoms in total. The molecule has 0 spiro atoms. The average molecular weight is 173 g/mol. The molecule has 0 aromatic rings. The highest BCUT2D eigenvalue weighted by molar-refractivity contribution is 7.99. The molecule has 0 aliphatic carbocycles. The van der Waals surface area contributed by atoms with Crippen LogP contribution in [0.2, 0.25) is 0 Å². The van der Waals surface area contributed by atoms with Gasteiger partial charge in [-0.25, -0.2) is 0 Å². The Morgan fingerprint density at radius 1 is 1.64 bits per heavy atom. The predicted molar refractivity (Wildman–Crippen MR) is 55.0 cm³/mol. The van der Waals surface area contributed by atoms with Crippen molar-refractivity contribution in [3.8, 4) is 0 Å². The molecule has 0 aromatic heterocycles. The van der Waals surface area contributed by atoms with Crippen LogP contribution in [0.1, 0.15) is 26.7 Å². The van der Waals surface area contributed by atoms with Gasteiger partial charge < -0.3 is 5.73 Å². The SMILES string of the molecule is C=C(C)CCSCC(N)CC. The molecule has 0 amide bonds. The molecule has 0 heterocycles. The minimum atomic E-state index is 0.380. The highest BCUT2D eigenvalue weighted by atomic mass is 32.2. The van der Waals surface area contributed by atoms with Gasteiger partial charge in [-0.05, 0) is 25.5 Å². The van der Waals surface area contributed by atoms with Crippen LogP contribution in [0.5, 0.6) is 0 Å². The van der Waals surface area contributed by atoms with Gasteiger partial charge >= 0.3 is 0 Å². The van der Waals surface area contributed by atoms with Crippen LogP contribution in [-0.2, 0) is 0 Å². The second-order valence-corrected chi connectivity index (χ2v) is 4.10. The molecule has 66 valence electrons. The van der Waals surface area contributed by atoms with Gasteiger partial charge in [-0.3, -0.25) is 0 Å². The standard InChI is InChI=1S/C9H19NS/c1-4-9(10)7-11-6-5-8(2)3/h9H,2,4-7,10H2,1,3H3. The van der Waals surface area contributed by atoms with Gasteiger partial charge in [0, 0.05) is 11.8 Å². The summed E-state index contributed by atoms with van der Waals surface area (Å²) in [6, 6.07) is 0.380. The van der Waals surface area contributed by atoms with Crippen molar-refractivity contribution < 1.29 is 0 Å². The van der Waals surface area contributed by atoms with E-state index in [0.717, 1.165) is 18.6 Å². The van der Waals surface area contributed by atoms with E-state index in [1.807, 2.05) is 11.8 Å². The second-order valence-electron chi connectivity index (χ2n) is 2.95. The van der Waals surface area contributed by atoms with Crippen LogP contribution in [0.4, 0.5) is 0 Å². The van der Waals surface area contributed by atoms with Crippen LogP contribution >= 0.6 is 11.8 Å². The number of thioether (sulfide) groups is 1. The summed E-state index contributed by atoms with van der Waals surface area (Å²) in [7, 11) is 0. The summed E-state index contributed by atoms with van der Waals surface area (Å²) in [5.74, 6) is 2.26. The van der Waals surface area contributed by atoms with Crippen LogP contribution in [-0.4, -0.2) is 17.5 Å². The number of nitrogens with two attached hydrogens (primary N) is 1. The summed E-state index contributed by atoms with van der Waals surface area (Å²) in [5, 5.41) is 0. The van der Waals surface area contributed by atoms with Gasteiger partial charge in [0.1, 0.15) is 0 Å². The van der Waals surface area contributed by atoms with Gasteiger partial charge in [0.25, 0.3) is 0 Å². The monoisotopic (exact) mass is 173 g/mol. The van der Waals surface area contributed by atoms with Crippen LogP contribution in [0.25, 0.3) is 0 Å². The first-order valence-corrected chi connectivity index (χ1v) is 5.30. The average Bonchev–Trinajstić information content (AvgIpc) is 1.97. The van der Waals surface area contributed by atoms with Crippen molar-refractivity contribution in [1.29, 1.82) is 0 Å². The van der Waals surface area contributed by atoms with E-state index in [9.17, 15) is 0 Å². The molecule has 0 aliphatic heterocycles. The molecule has 0 saturated heterocycles. The van der Waals surface area contributed by atoms with Gasteiger partial charge in [-0.2, -0.15) is 11.8 Å². The lowest BCUT2D eigenvalue weighted by atomic mass is 10.3. The Morgan fingerprint density at radius 3 is 2.73 bits per heavy atom. The van der Waals surface area contributed by atoms with Crippen LogP contribution in [0.15, 0.2) is 12.2 Å². The summed E-state index contributed by atoms with van der Waals surface area (Å²) in [5.41, 5.74) is 7.01. The maximum absolute atomic E-state index is 5.75. The highest BCUT2D eigenvalue weighted by Crippen LogP contribution is 2.08. The molecule has 2 heteroatoms. The predicted octanol–water partition coefficient (Wildman–Crippen LogP) is 2.42. The second kappa shape index (κ2) is 6.74. The van der Waals surface area contributed by atoms with Crippen molar-refractivity contribution in [3.63, 3.8) is 0 Å². The number of hydrogen-bond acceptors (Lipinski definition) is 2. The Hall–Kier alpha value is 0.0500. The minimum absolute atomic E-state index is 0.380. The molecule has 0 aromatic carbocycles. The van der Waals surface area contributed by atoms with E-state index >= 15 is 0 Å². The summed E-state index contributed by atoms with van der Waals surface area (Å²) < 4.78 is 0. The van der Waals surface area contributed by atoms with E-state index in [1.54, 1.807) is 0 Å². The summed E-state index contributed by atoms with van der Waals surface area (Å²) in [6.45, 7) is 8.05. The summed E-state index contributed by atoms with van der Waals surface area (Å²) in [4.78, 5) is 0. The first kappa shape index (κ1) is 11.1. The van der Waals surface area contributed by atoms with Crippen molar-refractivity contribution in [2.75, 3.05) is 11.5 Å². The Balaban J connectivity index is 3.08. The molecule has 0 rings (SSSR count). The van der Waals surface area contributed by atoms with E-state index < -0.39 is 0 Å². The molecule has 0 radical (unpaired) electrons. The molecule has 2 N–H and O–H groups in total. The van der Waals surface area contributed by atoms with Crippen LogP contribution in [0.3, 0.4) is 0 Å². The lowest BCUT2D eigenvalue weighted by molar-refractivity contribution is 0.724. The smallest absolute Gasteiger partial charge is 0.0127 e. The first-order chi connectivity index (χ1) is 5.16. The van der Waals surface area contributed by atoms with Gasteiger partial charge in [-0.15, -0.1) is 6.58 Å². The fourth-order valence-electron chi connectivity index (χ4n) is 0.599. The van der Waals surface area contributed by atoms with Crippen molar-refractivity contribution >= 4 is 11.8 Å². The zero-order chi connectivity index (χ0) is 8.69. The lowest BCUT2D eigenvalue weighted by Crippen LogP contribution is -2.21. The molecular weight excluding hydrogens is 154 g/mol. The quantitative estimate of drug-likeness (QED) is 0.493. The fraction of sp³-hybridized carbons (Fsp3) is 0.778. The maximum atomic E-state index is 5.75. The van der Waals surface area contributed by atoms with Gasteiger partial charge in [-0.1, -0.05) is 12.5 Å². The van der Waals surface area contributed by atoms with E-state index in [1.165, 1.54) is 11.3 Å². The molecule has 0 aliphatic rings. The highest BCUT2D eigenvalue weighted by Gasteiger charge is 1.97. The van der Waals surface area contributed by atoms with E-state index in [-0.39, 0.29) is 0 Å². The van der Waals surface area contributed by atoms with Crippen LogP contribution in [0, 0.1) is 0 Å². The molecular formula is C9H19NS. The topological polar surface area (TPSA) is 26.0 Å². The molecule has 0 saturated carbocycles. The first-order valence-electron chi connectivity index (χ1n) is 4.14. The zero-order valence-corrected chi connectivity index (χ0v) is 8.41. The third kappa shape index (κ3) is 7.95. The van der Waals surface area contributed by atoms with Crippen LogP contribution < -0.4 is 5.73 Å². The van der Waals surface area contributed by atoms with Crippen molar-refractivity contribution in [2.45, 2.75) is 32.7 Å². The zero-order valence-electron chi connectivity index (χ0n) is 7.60. The Kier molecular flexibility index (Phi) is 6.77. The summed E-state index contributed by atoms with van der Waals surface area (Å²) >= 11 is 1.93. The third-order valence-corrected chi connectivity index (χ3v) is 2.69. The van der Waals surface area contributed by atoms with E-state index in [0.29, 0.717) is 6.04 Å². The normalized spacial score (nSPS) is 13.0. The third-order valence-electron chi connectivity index (χ3n) is 1.53. The van der Waals surface area contributed by atoms with E-state index in [4.69, 9.17) is 5.73 Å². The largest absolute Gasteiger partial charge is 0.327 e. The van der Waals surface area contributed by atoms with Crippen molar-refractivity contribution in [1.82, 2.24) is 0 Å². The maximum Gasteiger partial charge on any atom is 0.0127 e. The van der Waals surface area contributed by atoms with Crippen molar-refractivity contribution in [3.05, 3.63) is 12.2 Å². The molecule has 0 fully saturated rings. The fourth-order valence-corrected chi connectivity index (χ4v) is 1.80. The van der Waals surface area contributed by atoms with Crippen molar-refractivity contribution in [2.24, 2.45) is 5.73 Å².